The van der Waals surface area contributed by atoms with E-state index in [1.54, 1.807) is 0 Å². The number of unbranched alkanes of at least 4 members (excludes halogenated alkanes) is 1. The molecular weight excluding hydrogens is 332 g/mol. The van der Waals surface area contributed by atoms with Gasteiger partial charge in [-0.25, -0.2) is 4.79 Å². The molecule has 0 spiro atoms. The average molecular weight is 360 g/mol. The normalized spacial score (nSPS) is 11.1. The number of aryl methyl sites for hydroxylation is 2. The predicted molar refractivity (Wildman–Crippen MR) is 102 cm³/mol. The van der Waals surface area contributed by atoms with Crippen molar-refractivity contribution in [1.29, 1.82) is 0 Å². The molecule has 0 fully saturated rings. The van der Waals surface area contributed by atoms with Gasteiger partial charge in [0.25, 0.3) is 5.56 Å². The molecule has 6 nitrogen and oxygen atoms in total. The molecule has 0 radical (unpaired) electrons. The van der Waals surface area contributed by atoms with Crippen molar-refractivity contribution in [3.05, 3.63) is 67.0 Å². The van der Waals surface area contributed by atoms with Crippen LogP contribution in [0.3, 0.4) is 0 Å². The van der Waals surface area contributed by atoms with Crippen LogP contribution in [0.4, 0.5) is 0 Å². The van der Waals surface area contributed by atoms with E-state index in [2.05, 4.69) is 23.2 Å². The van der Waals surface area contributed by atoms with Crippen LogP contribution in [0.15, 0.2) is 27.8 Å². The molecule has 1 aromatic carbocycles. The van der Waals surface area contributed by atoms with Crippen molar-refractivity contribution < 1.29 is 9.84 Å². The van der Waals surface area contributed by atoms with Crippen molar-refractivity contribution in [3.63, 3.8) is 0 Å². The van der Waals surface area contributed by atoms with Crippen LogP contribution in [0.5, 0.6) is 0 Å². The number of aromatic amines is 1. The molecule has 0 unspecified atom stereocenters. The van der Waals surface area contributed by atoms with Crippen LogP contribution in [0.25, 0.3) is 0 Å². The molecule has 1 heterocycles. The lowest BCUT2D eigenvalue weighted by molar-refractivity contribution is 0.0664. The first-order chi connectivity index (χ1) is 12.5. The maximum atomic E-state index is 12.4. The molecule has 0 bridgehead atoms. The molecule has 0 aliphatic carbocycles. The Morgan fingerprint density at radius 3 is 2.42 bits per heavy atom. The zero-order chi connectivity index (χ0) is 19.1. The zero-order valence-corrected chi connectivity index (χ0v) is 15.8. The standard InChI is InChI=1S/C20H28N2O4/c1-4-17-18(12-16-10-14(2)9-15(3)11-16)22(20(25)21-19(17)24)13-26-8-6-5-7-23/h9-11,23H,4-8,12-13H2,1-3H3,(H,21,24,25). The number of nitrogens with one attached hydrogen (secondary N) is 1. The molecule has 0 saturated heterocycles. The first-order valence-corrected chi connectivity index (χ1v) is 9.07. The topological polar surface area (TPSA) is 84.3 Å². The van der Waals surface area contributed by atoms with E-state index in [1.807, 2.05) is 20.8 Å². The summed E-state index contributed by atoms with van der Waals surface area (Å²) in [5.41, 5.74) is 3.91. The highest BCUT2D eigenvalue weighted by Gasteiger charge is 2.14. The molecule has 142 valence electrons. The molecule has 0 atom stereocenters. The summed E-state index contributed by atoms with van der Waals surface area (Å²) in [4.78, 5) is 27.0. The molecule has 0 aliphatic heterocycles. The van der Waals surface area contributed by atoms with Gasteiger partial charge in [0.05, 0.1) is 0 Å². The minimum absolute atomic E-state index is 0.0914. The molecule has 2 N–H and O–H groups in total. The number of aliphatic hydroxyl groups is 1. The van der Waals surface area contributed by atoms with Gasteiger partial charge in [-0.2, -0.15) is 0 Å². The predicted octanol–water partition coefficient (Wildman–Crippen LogP) is 2.05. The molecule has 0 aliphatic rings. The van der Waals surface area contributed by atoms with Gasteiger partial charge in [-0.05, 0) is 38.7 Å². The van der Waals surface area contributed by atoms with E-state index in [0.717, 1.165) is 23.1 Å². The maximum Gasteiger partial charge on any atom is 0.330 e. The van der Waals surface area contributed by atoms with E-state index < -0.39 is 5.69 Å². The van der Waals surface area contributed by atoms with Crippen molar-refractivity contribution in [1.82, 2.24) is 9.55 Å². The van der Waals surface area contributed by atoms with Gasteiger partial charge in [-0.1, -0.05) is 36.2 Å². The smallest absolute Gasteiger partial charge is 0.330 e. The Morgan fingerprint density at radius 2 is 1.81 bits per heavy atom. The molecule has 2 rings (SSSR count). The van der Waals surface area contributed by atoms with Gasteiger partial charge >= 0.3 is 5.69 Å². The average Bonchev–Trinajstić information content (AvgIpc) is 2.56. The fourth-order valence-corrected chi connectivity index (χ4v) is 3.20. The molecule has 0 amide bonds. The summed E-state index contributed by atoms with van der Waals surface area (Å²) in [7, 11) is 0. The van der Waals surface area contributed by atoms with Crippen molar-refractivity contribution in [2.75, 3.05) is 13.2 Å². The first-order valence-electron chi connectivity index (χ1n) is 9.07. The van der Waals surface area contributed by atoms with E-state index in [1.165, 1.54) is 4.57 Å². The molecular formula is C20H28N2O4. The Morgan fingerprint density at radius 1 is 1.12 bits per heavy atom. The third-order valence-corrected chi connectivity index (χ3v) is 4.34. The Labute approximate surface area is 153 Å². The number of hydrogen-bond donors (Lipinski definition) is 2. The quantitative estimate of drug-likeness (QED) is 0.671. The second kappa shape index (κ2) is 9.50. The largest absolute Gasteiger partial charge is 0.396 e. The highest BCUT2D eigenvalue weighted by Crippen LogP contribution is 2.15. The number of aliphatic hydroxyl groups excluding tert-OH is 1. The van der Waals surface area contributed by atoms with Crippen LogP contribution < -0.4 is 11.2 Å². The van der Waals surface area contributed by atoms with Gasteiger partial charge in [0.2, 0.25) is 0 Å². The number of hydrogen-bond acceptors (Lipinski definition) is 4. The third kappa shape index (κ3) is 5.16. The second-order valence-corrected chi connectivity index (χ2v) is 6.61. The van der Waals surface area contributed by atoms with Crippen LogP contribution in [0.1, 0.15) is 47.7 Å². The number of rotatable bonds is 9. The van der Waals surface area contributed by atoms with Crippen molar-refractivity contribution in [3.8, 4) is 0 Å². The van der Waals surface area contributed by atoms with Crippen LogP contribution in [0.2, 0.25) is 0 Å². The number of H-pyrrole nitrogens is 1. The van der Waals surface area contributed by atoms with E-state index in [0.29, 0.717) is 37.1 Å². The lowest BCUT2D eigenvalue weighted by Crippen LogP contribution is -2.36. The lowest BCUT2D eigenvalue weighted by atomic mass is 10.0. The summed E-state index contributed by atoms with van der Waals surface area (Å²) >= 11 is 0. The number of ether oxygens (including phenoxy) is 1. The fourth-order valence-electron chi connectivity index (χ4n) is 3.20. The van der Waals surface area contributed by atoms with Crippen molar-refractivity contribution >= 4 is 0 Å². The summed E-state index contributed by atoms with van der Waals surface area (Å²) < 4.78 is 7.11. The van der Waals surface area contributed by atoms with Crippen LogP contribution in [-0.2, 0) is 24.3 Å². The summed E-state index contributed by atoms with van der Waals surface area (Å²) in [6.45, 7) is 6.65. The van der Waals surface area contributed by atoms with E-state index >= 15 is 0 Å². The van der Waals surface area contributed by atoms with E-state index in [-0.39, 0.29) is 18.9 Å². The molecule has 0 saturated carbocycles. The van der Waals surface area contributed by atoms with Gasteiger partial charge in [0, 0.05) is 30.9 Å². The Hall–Kier alpha value is -2.18. The van der Waals surface area contributed by atoms with Crippen LogP contribution >= 0.6 is 0 Å². The monoisotopic (exact) mass is 360 g/mol. The lowest BCUT2D eigenvalue weighted by Gasteiger charge is -2.16. The Bertz CT molecular complexity index is 832. The fraction of sp³-hybridized carbons (Fsp3) is 0.500. The van der Waals surface area contributed by atoms with Gasteiger partial charge in [-0.3, -0.25) is 14.3 Å². The number of aromatic nitrogens is 2. The highest BCUT2D eigenvalue weighted by atomic mass is 16.5. The summed E-state index contributed by atoms with van der Waals surface area (Å²) in [5, 5.41) is 8.83. The Balaban J connectivity index is 2.37. The van der Waals surface area contributed by atoms with Crippen molar-refractivity contribution in [2.45, 2.75) is 53.2 Å². The minimum Gasteiger partial charge on any atom is -0.396 e. The SMILES string of the molecule is CCc1c(Cc2cc(C)cc(C)c2)n(COCCCCO)c(=O)[nH]c1=O. The van der Waals surface area contributed by atoms with Gasteiger partial charge < -0.3 is 9.84 Å². The molecule has 26 heavy (non-hydrogen) atoms. The number of nitrogens with zero attached hydrogens (tertiary/aromatic N) is 1. The first kappa shape index (κ1) is 20.1. The maximum absolute atomic E-state index is 12.4. The van der Waals surface area contributed by atoms with Crippen LogP contribution in [-0.4, -0.2) is 27.9 Å². The van der Waals surface area contributed by atoms with Gasteiger partial charge in [0.1, 0.15) is 6.73 Å². The summed E-state index contributed by atoms with van der Waals surface area (Å²) in [6, 6.07) is 6.24. The van der Waals surface area contributed by atoms with Crippen LogP contribution in [0, 0.1) is 13.8 Å². The highest BCUT2D eigenvalue weighted by molar-refractivity contribution is 5.33. The molecule has 1 aromatic heterocycles. The van der Waals surface area contributed by atoms with E-state index in [4.69, 9.17) is 9.84 Å². The minimum atomic E-state index is -0.450. The third-order valence-electron chi connectivity index (χ3n) is 4.34. The second-order valence-electron chi connectivity index (χ2n) is 6.61. The molecule has 6 heteroatoms. The summed E-state index contributed by atoms with van der Waals surface area (Å²) in [6.07, 6.45) is 2.43. The van der Waals surface area contributed by atoms with E-state index in [9.17, 15) is 9.59 Å². The summed E-state index contributed by atoms with van der Waals surface area (Å²) in [5.74, 6) is 0. The van der Waals surface area contributed by atoms with Gasteiger partial charge in [0.15, 0.2) is 0 Å². The zero-order valence-electron chi connectivity index (χ0n) is 15.8. The number of benzene rings is 1. The Kier molecular flexibility index (Phi) is 7.36. The van der Waals surface area contributed by atoms with Gasteiger partial charge in [-0.15, -0.1) is 0 Å². The molecule has 2 aromatic rings. The van der Waals surface area contributed by atoms with Crippen molar-refractivity contribution in [2.24, 2.45) is 0 Å².